The van der Waals surface area contributed by atoms with Crippen LogP contribution in [-0.2, 0) is 9.53 Å². The SMILES string of the molecule is C#CC(=O)C1(OC)CCC(C)CC1. The molecular weight excluding hydrogens is 164 g/mol. The summed E-state index contributed by atoms with van der Waals surface area (Å²) in [6, 6.07) is 0. The summed E-state index contributed by atoms with van der Waals surface area (Å²) in [6.07, 6.45) is 8.72. The highest BCUT2D eigenvalue weighted by molar-refractivity contribution is 6.01. The molecule has 0 spiro atoms. The summed E-state index contributed by atoms with van der Waals surface area (Å²) in [5.74, 6) is 2.67. The molecule has 1 saturated carbocycles. The average Bonchev–Trinajstić information content (AvgIpc) is 2.18. The fourth-order valence-corrected chi connectivity index (χ4v) is 1.88. The molecular formula is C11H16O2. The molecule has 0 aromatic heterocycles. The monoisotopic (exact) mass is 180 g/mol. The van der Waals surface area contributed by atoms with Crippen LogP contribution in [0, 0.1) is 18.3 Å². The number of hydrogen-bond acceptors (Lipinski definition) is 2. The minimum absolute atomic E-state index is 0.193. The summed E-state index contributed by atoms with van der Waals surface area (Å²) >= 11 is 0. The van der Waals surface area contributed by atoms with Crippen molar-refractivity contribution >= 4 is 5.78 Å². The molecule has 0 heterocycles. The third kappa shape index (κ3) is 1.92. The second kappa shape index (κ2) is 3.93. The first kappa shape index (κ1) is 10.3. The van der Waals surface area contributed by atoms with E-state index < -0.39 is 5.60 Å². The summed E-state index contributed by atoms with van der Waals surface area (Å²) in [5.41, 5.74) is -0.665. The van der Waals surface area contributed by atoms with Gasteiger partial charge in [0.1, 0.15) is 5.60 Å². The smallest absolute Gasteiger partial charge is 0.236 e. The maximum atomic E-state index is 11.5. The van der Waals surface area contributed by atoms with Crippen LogP contribution in [0.5, 0.6) is 0 Å². The van der Waals surface area contributed by atoms with Crippen LogP contribution in [0.4, 0.5) is 0 Å². The van der Waals surface area contributed by atoms with E-state index in [1.807, 2.05) is 0 Å². The van der Waals surface area contributed by atoms with Crippen LogP contribution < -0.4 is 0 Å². The minimum atomic E-state index is -0.665. The minimum Gasteiger partial charge on any atom is -0.369 e. The first-order valence-corrected chi connectivity index (χ1v) is 4.71. The van der Waals surface area contributed by atoms with Gasteiger partial charge in [0.15, 0.2) is 0 Å². The zero-order chi connectivity index (χ0) is 9.90. The number of terminal acetylenes is 1. The van der Waals surface area contributed by atoms with Crippen LogP contribution in [0.15, 0.2) is 0 Å². The Labute approximate surface area is 79.7 Å². The maximum Gasteiger partial charge on any atom is 0.236 e. The largest absolute Gasteiger partial charge is 0.369 e. The standard InChI is InChI=1S/C11H16O2/c1-4-10(12)11(13-3)7-5-9(2)6-8-11/h1,9H,5-8H2,2-3H3. The van der Waals surface area contributed by atoms with E-state index >= 15 is 0 Å². The lowest BCUT2D eigenvalue weighted by molar-refractivity contribution is -0.139. The number of carbonyl (C=O) groups is 1. The van der Waals surface area contributed by atoms with Crippen LogP contribution in [0.3, 0.4) is 0 Å². The molecule has 0 bridgehead atoms. The van der Waals surface area contributed by atoms with Crippen molar-refractivity contribution in [2.24, 2.45) is 5.92 Å². The quantitative estimate of drug-likeness (QED) is 0.478. The van der Waals surface area contributed by atoms with Gasteiger partial charge in [0.05, 0.1) is 0 Å². The van der Waals surface area contributed by atoms with E-state index in [9.17, 15) is 4.79 Å². The molecule has 72 valence electrons. The Morgan fingerprint density at radius 3 is 2.46 bits per heavy atom. The first-order valence-electron chi connectivity index (χ1n) is 4.71. The van der Waals surface area contributed by atoms with Gasteiger partial charge in [-0.15, -0.1) is 6.42 Å². The van der Waals surface area contributed by atoms with Crippen LogP contribution in [-0.4, -0.2) is 18.5 Å². The van der Waals surface area contributed by atoms with E-state index in [1.54, 1.807) is 7.11 Å². The van der Waals surface area contributed by atoms with Gasteiger partial charge in [0.25, 0.3) is 0 Å². The molecule has 0 radical (unpaired) electrons. The van der Waals surface area contributed by atoms with Crippen molar-refractivity contribution in [1.82, 2.24) is 0 Å². The Kier molecular flexibility index (Phi) is 3.11. The zero-order valence-electron chi connectivity index (χ0n) is 8.30. The van der Waals surface area contributed by atoms with Crippen LogP contribution in [0.25, 0.3) is 0 Å². The molecule has 0 aromatic carbocycles. The predicted molar refractivity (Wildman–Crippen MR) is 51.2 cm³/mol. The van der Waals surface area contributed by atoms with E-state index in [0.717, 1.165) is 25.7 Å². The number of ether oxygens (including phenoxy) is 1. The van der Waals surface area contributed by atoms with Crippen molar-refractivity contribution in [1.29, 1.82) is 0 Å². The molecule has 1 fully saturated rings. The lowest BCUT2D eigenvalue weighted by Crippen LogP contribution is -2.43. The number of ketones is 1. The van der Waals surface area contributed by atoms with Gasteiger partial charge < -0.3 is 4.74 Å². The molecule has 0 amide bonds. The predicted octanol–water partition coefficient (Wildman–Crippen LogP) is 1.78. The molecule has 1 rings (SSSR count). The highest BCUT2D eigenvalue weighted by Crippen LogP contribution is 2.34. The highest BCUT2D eigenvalue weighted by Gasteiger charge is 2.39. The second-order valence-electron chi connectivity index (χ2n) is 3.85. The van der Waals surface area contributed by atoms with E-state index in [0.29, 0.717) is 5.92 Å². The lowest BCUT2D eigenvalue weighted by atomic mass is 9.77. The molecule has 1 aliphatic carbocycles. The Morgan fingerprint density at radius 1 is 1.54 bits per heavy atom. The van der Waals surface area contributed by atoms with E-state index in [4.69, 9.17) is 11.2 Å². The van der Waals surface area contributed by atoms with Crippen LogP contribution in [0.2, 0.25) is 0 Å². The summed E-state index contributed by atoms with van der Waals surface area (Å²) in [4.78, 5) is 11.5. The molecule has 0 N–H and O–H groups in total. The van der Waals surface area contributed by atoms with Gasteiger partial charge in [-0.05, 0) is 37.5 Å². The maximum absolute atomic E-state index is 11.5. The molecule has 0 aliphatic heterocycles. The van der Waals surface area contributed by atoms with Crippen molar-refractivity contribution in [3.05, 3.63) is 0 Å². The molecule has 0 saturated heterocycles. The van der Waals surface area contributed by atoms with Gasteiger partial charge in [-0.25, -0.2) is 0 Å². The van der Waals surface area contributed by atoms with Crippen LogP contribution in [0.1, 0.15) is 32.6 Å². The van der Waals surface area contributed by atoms with Gasteiger partial charge in [-0.1, -0.05) is 6.92 Å². The third-order valence-electron chi connectivity index (χ3n) is 3.02. The molecule has 0 unspecified atom stereocenters. The molecule has 13 heavy (non-hydrogen) atoms. The zero-order valence-corrected chi connectivity index (χ0v) is 8.30. The van der Waals surface area contributed by atoms with Gasteiger partial charge >= 0.3 is 0 Å². The Bertz CT molecular complexity index is 229. The van der Waals surface area contributed by atoms with E-state index in [1.165, 1.54) is 0 Å². The highest BCUT2D eigenvalue weighted by atomic mass is 16.5. The first-order chi connectivity index (χ1) is 6.14. The molecule has 2 nitrogen and oxygen atoms in total. The Morgan fingerprint density at radius 2 is 2.08 bits per heavy atom. The summed E-state index contributed by atoms with van der Waals surface area (Å²) in [5, 5.41) is 0. The van der Waals surface area contributed by atoms with Crippen molar-refractivity contribution in [3.63, 3.8) is 0 Å². The van der Waals surface area contributed by atoms with Crippen molar-refractivity contribution in [3.8, 4) is 12.3 Å². The number of hydrogen-bond donors (Lipinski definition) is 0. The van der Waals surface area contributed by atoms with Gasteiger partial charge in [-0.3, -0.25) is 4.79 Å². The number of carbonyl (C=O) groups excluding carboxylic acids is 1. The molecule has 0 atom stereocenters. The lowest BCUT2D eigenvalue weighted by Gasteiger charge is -2.35. The number of Topliss-reactive ketones (excluding diaryl/α,β-unsaturated/α-hetero) is 1. The topological polar surface area (TPSA) is 26.3 Å². The van der Waals surface area contributed by atoms with Gasteiger partial charge in [0.2, 0.25) is 5.78 Å². The molecule has 2 heteroatoms. The summed E-state index contributed by atoms with van der Waals surface area (Å²) in [7, 11) is 1.57. The normalized spacial score (nSPS) is 33.8. The number of methoxy groups -OCH3 is 1. The second-order valence-corrected chi connectivity index (χ2v) is 3.85. The van der Waals surface area contributed by atoms with Crippen molar-refractivity contribution < 1.29 is 9.53 Å². The van der Waals surface area contributed by atoms with Gasteiger partial charge in [0, 0.05) is 7.11 Å². The van der Waals surface area contributed by atoms with Crippen molar-refractivity contribution in [2.75, 3.05) is 7.11 Å². The van der Waals surface area contributed by atoms with Crippen molar-refractivity contribution in [2.45, 2.75) is 38.2 Å². The number of rotatable bonds is 2. The average molecular weight is 180 g/mol. The third-order valence-corrected chi connectivity index (χ3v) is 3.02. The fourth-order valence-electron chi connectivity index (χ4n) is 1.88. The molecule has 1 aliphatic rings. The molecule has 0 aromatic rings. The van der Waals surface area contributed by atoms with Gasteiger partial charge in [-0.2, -0.15) is 0 Å². The Balaban J connectivity index is 2.73. The fraction of sp³-hybridized carbons (Fsp3) is 0.727. The Hall–Kier alpha value is -0.810. The van der Waals surface area contributed by atoms with E-state index in [-0.39, 0.29) is 5.78 Å². The summed E-state index contributed by atoms with van der Waals surface area (Å²) < 4.78 is 5.29. The van der Waals surface area contributed by atoms with Crippen LogP contribution >= 0.6 is 0 Å². The van der Waals surface area contributed by atoms with E-state index in [2.05, 4.69) is 12.8 Å². The summed E-state index contributed by atoms with van der Waals surface area (Å²) in [6.45, 7) is 2.19.